The molecule has 5 nitrogen and oxygen atoms in total. The summed E-state index contributed by atoms with van der Waals surface area (Å²) in [7, 11) is 1.25. The van der Waals surface area contributed by atoms with Crippen molar-refractivity contribution >= 4 is 11.9 Å². The number of carboxylic acids is 1. The molecule has 5 heteroatoms. The molecule has 0 fully saturated rings. The summed E-state index contributed by atoms with van der Waals surface area (Å²) < 4.78 is 4.42. The highest BCUT2D eigenvalue weighted by Gasteiger charge is 2.20. The maximum Gasteiger partial charge on any atom is 0.321 e. The molecule has 15 heavy (non-hydrogen) atoms. The minimum Gasteiger partial charge on any atom is -0.480 e. The first-order valence-electron chi connectivity index (χ1n) is 5.14. The van der Waals surface area contributed by atoms with Gasteiger partial charge in [-0.3, -0.25) is 9.59 Å². The van der Waals surface area contributed by atoms with Gasteiger partial charge in [-0.2, -0.15) is 0 Å². The second kappa shape index (κ2) is 8.23. The number of unbranched alkanes of at least 4 members (excludes halogenated alkanes) is 2. The number of esters is 1. The maximum atomic E-state index is 10.9. The zero-order chi connectivity index (χ0) is 11.7. The molecule has 88 valence electrons. The minimum absolute atomic E-state index is 0.127. The highest BCUT2D eigenvalue weighted by atomic mass is 16.5. The van der Waals surface area contributed by atoms with Crippen LogP contribution in [0.1, 0.15) is 32.6 Å². The van der Waals surface area contributed by atoms with Gasteiger partial charge in [0.05, 0.1) is 13.5 Å². The Hall–Kier alpha value is -1.10. The monoisotopic (exact) mass is 217 g/mol. The fourth-order valence-electron chi connectivity index (χ4n) is 1.15. The zero-order valence-corrected chi connectivity index (χ0v) is 9.28. The van der Waals surface area contributed by atoms with Crippen molar-refractivity contribution in [3.63, 3.8) is 0 Å². The van der Waals surface area contributed by atoms with Crippen molar-refractivity contribution in [3.05, 3.63) is 0 Å². The summed E-state index contributed by atoms with van der Waals surface area (Å²) >= 11 is 0. The topological polar surface area (TPSA) is 75.6 Å². The van der Waals surface area contributed by atoms with Gasteiger partial charge in [0.25, 0.3) is 0 Å². The molecule has 0 unspecified atom stereocenters. The fraction of sp³-hybridized carbons (Fsp3) is 0.800. The Morgan fingerprint density at radius 3 is 2.53 bits per heavy atom. The highest BCUT2D eigenvalue weighted by Crippen LogP contribution is 1.97. The number of carbonyl (C=O) groups excluding carboxylic acids is 1. The van der Waals surface area contributed by atoms with E-state index in [-0.39, 0.29) is 6.42 Å². The Balaban J connectivity index is 3.84. The molecule has 0 saturated carbocycles. The van der Waals surface area contributed by atoms with Crippen LogP contribution in [0.2, 0.25) is 0 Å². The van der Waals surface area contributed by atoms with Crippen LogP contribution in [-0.4, -0.2) is 36.7 Å². The molecule has 0 aromatic heterocycles. The number of hydrogen-bond acceptors (Lipinski definition) is 4. The summed E-state index contributed by atoms with van der Waals surface area (Å²) in [5, 5.41) is 11.6. The molecule has 0 aromatic rings. The minimum atomic E-state index is -1.02. The van der Waals surface area contributed by atoms with Crippen LogP contribution in [0.4, 0.5) is 0 Å². The average Bonchev–Trinajstić information content (AvgIpc) is 2.21. The van der Waals surface area contributed by atoms with Crippen molar-refractivity contribution in [1.82, 2.24) is 5.32 Å². The van der Waals surface area contributed by atoms with Crippen LogP contribution in [-0.2, 0) is 14.3 Å². The number of nitrogens with one attached hydrogen (secondary N) is 1. The fourth-order valence-corrected chi connectivity index (χ4v) is 1.15. The molecule has 0 spiro atoms. The van der Waals surface area contributed by atoms with Crippen LogP contribution in [0.5, 0.6) is 0 Å². The number of ether oxygens (including phenoxy) is 1. The molecule has 1 atom stereocenters. The van der Waals surface area contributed by atoms with Gasteiger partial charge in [-0.25, -0.2) is 0 Å². The highest BCUT2D eigenvalue weighted by molar-refractivity contribution is 5.81. The van der Waals surface area contributed by atoms with Gasteiger partial charge in [0, 0.05) is 0 Å². The molecular formula is C10H19NO4. The third kappa shape index (κ3) is 6.90. The molecule has 0 radical (unpaired) electrons. The summed E-state index contributed by atoms with van der Waals surface area (Å²) in [4.78, 5) is 21.6. The lowest BCUT2D eigenvalue weighted by Gasteiger charge is -2.12. The standard InChI is InChI=1S/C10H19NO4/c1-3-4-5-6-11-8(10(13)14)7-9(12)15-2/h8,11H,3-7H2,1-2H3,(H,13,14)/t8-/m0/s1. The predicted molar refractivity (Wildman–Crippen MR) is 55.6 cm³/mol. The van der Waals surface area contributed by atoms with Crippen LogP contribution in [0.3, 0.4) is 0 Å². The van der Waals surface area contributed by atoms with Crippen molar-refractivity contribution in [2.24, 2.45) is 0 Å². The Labute approximate surface area is 89.8 Å². The lowest BCUT2D eigenvalue weighted by Crippen LogP contribution is -2.39. The van der Waals surface area contributed by atoms with Gasteiger partial charge >= 0.3 is 11.9 Å². The number of carbonyl (C=O) groups is 2. The SMILES string of the molecule is CCCCCN[C@@H](CC(=O)OC)C(=O)O. The first-order chi connectivity index (χ1) is 7.11. The van der Waals surface area contributed by atoms with Gasteiger partial charge < -0.3 is 15.2 Å². The lowest BCUT2D eigenvalue weighted by atomic mass is 10.2. The van der Waals surface area contributed by atoms with Gasteiger partial charge in [0.2, 0.25) is 0 Å². The number of rotatable bonds is 8. The maximum absolute atomic E-state index is 10.9. The number of methoxy groups -OCH3 is 1. The van der Waals surface area contributed by atoms with E-state index in [9.17, 15) is 9.59 Å². The largest absolute Gasteiger partial charge is 0.480 e. The first-order valence-corrected chi connectivity index (χ1v) is 5.14. The lowest BCUT2D eigenvalue weighted by molar-refractivity contribution is -0.147. The number of hydrogen-bond donors (Lipinski definition) is 2. The van der Waals surface area contributed by atoms with E-state index in [0.717, 1.165) is 19.3 Å². The summed E-state index contributed by atoms with van der Waals surface area (Å²) in [6.45, 7) is 2.69. The first kappa shape index (κ1) is 13.9. The molecule has 0 saturated heterocycles. The molecule has 0 aliphatic rings. The molecule has 0 rings (SSSR count). The molecule has 0 aliphatic carbocycles. The Bertz CT molecular complexity index is 206. The van der Waals surface area contributed by atoms with Gasteiger partial charge in [-0.15, -0.1) is 0 Å². The number of aliphatic carboxylic acids is 1. The van der Waals surface area contributed by atoms with E-state index < -0.39 is 18.0 Å². The normalized spacial score (nSPS) is 12.1. The molecule has 0 heterocycles. The zero-order valence-electron chi connectivity index (χ0n) is 9.28. The van der Waals surface area contributed by atoms with Crippen molar-refractivity contribution in [1.29, 1.82) is 0 Å². The second-order valence-electron chi connectivity index (χ2n) is 3.33. The Kier molecular flexibility index (Phi) is 7.62. The van der Waals surface area contributed by atoms with Crippen molar-refractivity contribution in [2.75, 3.05) is 13.7 Å². The van der Waals surface area contributed by atoms with Gasteiger partial charge in [-0.1, -0.05) is 19.8 Å². The van der Waals surface area contributed by atoms with Crippen LogP contribution < -0.4 is 5.32 Å². The van der Waals surface area contributed by atoms with Crippen molar-refractivity contribution in [2.45, 2.75) is 38.6 Å². The molecule has 0 bridgehead atoms. The molecule has 0 aromatic carbocycles. The third-order valence-electron chi connectivity index (χ3n) is 2.07. The van der Waals surface area contributed by atoms with Crippen LogP contribution in [0.15, 0.2) is 0 Å². The summed E-state index contributed by atoms with van der Waals surface area (Å²) in [5.41, 5.74) is 0. The van der Waals surface area contributed by atoms with Crippen LogP contribution >= 0.6 is 0 Å². The van der Waals surface area contributed by atoms with E-state index in [1.54, 1.807) is 0 Å². The van der Waals surface area contributed by atoms with Crippen molar-refractivity contribution in [3.8, 4) is 0 Å². The van der Waals surface area contributed by atoms with E-state index in [4.69, 9.17) is 5.11 Å². The summed E-state index contributed by atoms with van der Waals surface area (Å²) in [6.07, 6.45) is 2.92. The molecular weight excluding hydrogens is 198 g/mol. The Morgan fingerprint density at radius 1 is 1.40 bits per heavy atom. The van der Waals surface area contributed by atoms with E-state index in [2.05, 4.69) is 17.0 Å². The number of carboxylic acid groups (broad SMARTS) is 1. The molecule has 2 N–H and O–H groups in total. The summed E-state index contributed by atoms with van der Waals surface area (Å²) in [6, 6.07) is -0.839. The predicted octanol–water partition coefficient (Wildman–Crippen LogP) is 0.782. The van der Waals surface area contributed by atoms with Gasteiger partial charge in [0.1, 0.15) is 6.04 Å². The third-order valence-corrected chi connectivity index (χ3v) is 2.07. The van der Waals surface area contributed by atoms with Crippen molar-refractivity contribution < 1.29 is 19.4 Å². The summed E-state index contributed by atoms with van der Waals surface area (Å²) in [5.74, 6) is -1.53. The van der Waals surface area contributed by atoms with Crippen LogP contribution in [0, 0.1) is 0 Å². The average molecular weight is 217 g/mol. The molecule has 0 aliphatic heterocycles. The van der Waals surface area contributed by atoms with Gasteiger partial charge in [-0.05, 0) is 13.0 Å². The van der Waals surface area contributed by atoms with Crippen LogP contribution in [0.25, 0.3) is 0 Å². The van der Waals surface area contributed by atoms with E-state index in [1.165, 1.54) is 7.11 Å². The quantitative estimate of drug-likeness (QED) is 0.464. The van der Waals surface area contributed by atoms with Gasteiger partial charge in [0.15, 0.2) is 0 Å². The second-order valence-corrected chi connectivity index (χ2v) is 3.33. The van der Waals surface area contributed by atoms with E-state index >= 15 is 0 Å². The molecule has 0 amide bonds. The van der Waals surface area contributed by atoms with E-state index in [0.29, 0.717) is 6.54 Å². The smallest absolute Gasteiger partial charge is 0.321 e. The van der Waals surface area contributed by atoms with E-state index in [1.807, 2.05) is 0 Å². The Morgan fingerprint density at radius 2 is 2.07 bits per heavy atom.